The predicted molar refractivity (Wildman–Crippen MR) is 72.5 cm³/mol. The van der Waals surface area contributed by atoms with Gasteiger partial charge in [-0.1, -0.05) is 11.3 Å². The summed E-state index contributed by atoms with van der Waals surface area (Å²) >= 11 is 1.32. The second kappa shape index (κ2) is 6.29. The lowest BCUT2D eigenvalue weighted by Gasteiger charge is -2.01. The molecule has 0 aliphatic rings. The fourth-order valence-corrected chi connectivity index (χ4v) is 2.43. The number of rotatable bonds is 5. The van der Waals surface area contributed by atoms with Crippen LogP contribution >= 0.6 is 11.3 Å². The first-order valence-electron chi connectivity index (χ1n) is 5.97. The van der Waals surface area contributed by atoms with Crippen molar-refractivity contribution in [1.29, 1.82) is 0 Å². The number of carbonyl (C=O) groups excluding carboxylic acids is 1. The topological polar surface area (TPSA) is 61.3 Å². The van der Waals surface area contributed by atoms with Gasteiger partial charge in [-0.05, 0) is 26.0 Å². The van der Waals surface area contributed by atoms with E-state index in [1.54, 1.807) is 19.3 Å². The molecule has 0 unspecified atom stereocenters. The maximum atomic E-state index is 11.8. The van der Waals surface area contributed by atoms with Crippen molar-refractivity contribution in [3.63, 3.8) is 0 Å². The average Bonchev–Trinajstić information content (AvgIpc) is 2.85. The van der Waals surface area contributed by atoms with Crippen LogP contribution in [0.5, 0.6) is 5.06 Å². The lowest BCUT2D eigenvalue weighted by atomic mass is 10.3. The van der Waals surface area contributed by atoms with E-state index in [-0.39, 0.29) is 5.69 Å². The van der Waals surface area contributed by atoms with Crippen molar-refractivity contribution in [3.8, 4) is 15.6 Å². The summed E-state index contributed by atoms with van der Waals surface area (Å²) in [5.41, 5.74) is 1.08. The Hall–Kier alpha value is -1.95. The molecule has 0 fully saturated rings. The van der Waals surface area contributed by atoms with Gasteiger partial charge in [0.1, 0.15) is 5.01 Å². The van der Waals surface area contributed by atoms with Gasteiger partial charge in [0.25, 0.3) is 0 Å². The highest BCUT2D eigenvalue weighted by Crippen LogP contribution is 2.34. The summed E-state index contributed by atoms with van der Waals surface area (Å²) in [5, 5.41) is 1.18. The second-order valence-electron chi connectivity index (χ2n) is 3.55. The summed E-state index contributed by atoms with van der Waals surface area (Å²) < 4.78 is 10.4. The number of nitrogens with zero attached hydrogens (tertiary/aromatic N) is 2. The van der Waals surface area contributed by atoms with Gasteiger partial charge in [0, 0.05) is 18.0 Å². The van der Waals surface area contributed by atoms with Crippen LogP contribution in [0.15, 0.2) is 24.5 Å². The van der Waals surface area contributed by atoms with E-state index in [2.05, 4.69) is 9.97 Å². The van der Waals surface area contributed by atoms with E-state index in [1.165, 1.54) is 11.3 Å². The van der Waals surface area contributed by atoms with Crippen LogP contribution < -0.4 is 4.74 Å². The van der Waals surface area contributed by atoms with Crippen LogP contribution in [-0.4, -0.2) is 29.2 Å². The van der Waals surface area contributed by atoms with Gasteiger partial charge in [-0.2, -0.15) is 0 Å². The maximum absolute atomic E-state index is 11.8. The highest BCUT2D eigenvalue weighted by atomic mass is 32.1. The van der Waals surface area contributed by atoms with Crippen molar-refractivity contribution in [1.82, 2.24) is 9.97 Å². The van der Waals surface area contributed by atoms with Crippen LogP contribution in [0.2, 0.25) is 0 Å². The monoisotopic (exact) mass is 278 g/mol. The quantitative estimate of drug-likeness (QED) is 0.787. The van der Waals surface area contributed by atoms with Gasteiger partial charge in [-0.25, -0.2) is 9.78 Å². The molecule has 2 heterocycles. The van der Waals surface area contributed by atoms with Crippen molar-refractivity contribution < 1.29 is 14.3 Å². The minimum absolute atomic E-state index is 0.229. The van der Waals surface area contributed by atoms with Gasteiger partial charge in [0.05, 0.1) is 13.2 Å². The summed E-state index contributed by atoms with van der Waals surface area (Å²) in [6, 6.07) is 3.71. The van der Waals surface area contributed by atoms with Crippen molar-refractivity contribution in [3.05, 3.63) is 30.2 Å². The molecule has 0 bridgehead atoms. The van der Waals surface area contributed by atoms with E-state index < -0.39 is 5.97 Å². The zero-order valence-electron chi connectivity index (χ0n) is 10.8. The second-order valence-corrected chi connectivity index (χ2v) is 4.51. The lowest BCUT2D eigenvalue weighted by Crippen LogP contribution is -2.07. The minimum atomic E-state index is -0.461. The number of hydrogen-bond donors (Lipinski definition) is 0. The number of carbonyl (C=O) groups is 1. The Morgan fingerprint density at radius 3 is 2.84 bits per heavy atom. The molecule has 2 rings (SSSR count). The molecule has 0 aromatic carbocycles. The Bertz CT molecular complexity index is 554. The summed E-state index contributed by atoms with van der Waals surface area (Å²) in [5.74, 6) is -0.461. The smallest absolute Gasteiger partial charge is 0.361 e. The van der Waals surface area contributed by atoms with Crippen LogP contribution in [0.25, 0.3) is 10.6 Å². The average molecular weight is 278 g/mol. The van der Waals surface area contributed by atoms with Crippen molar-refractivity contribution in [2.75, 3.05) is 13.2 Å². The molecule has 2 aromatic heterocycles. The third-order valence-electron chi connectivity index (χ3n) is 2.25. The molecule has 0 N–H and O–H groups in total. The highest BCUT2D eigenvalue weighted by Gasteiger charge is 2.21. The lowest BCUT2D eigenvalue weighted by molar-refractivity contribution is 0.0516. The van der Waals surface area contributed by atoms with E-state index in [4.69, 9.17) is 9.47 Å². The molecule has 0 saturated carbocycles. The van der Waals surface area contributed by atoms with E-state index in [0.29, 0.717) is 23.3 Å². The molecule has 0 radical (unpaired) electrons. The summed E-state index contributed by atoms with van der Waals surface area (Å²) in [7, 11) is 0. The first kappa shape index (κ1) is 13.5. The Morgan fingerprint density at radius 1 is 1.37 bits per heavy atom. The molecule has 0 aliphatic carbocycles. The highest BCUT2D eigenvalue weighted by molar-refractivity contribution is 7.17. The fourth-order valence-electron chi connectivity index (χ4n) is 1.48. The van der Waals surface area contributed by atoms with Crippen LogP contribution in [-0.2, 0) is 4.74 Å². The number of hydrogen-bond acceptors (Lipinski definition) is 6. The largest absolute Gasteiger partial charge is 0.482 e. The zero-order chi connectivity index (χ0) is 13.7. The molecule has 2 aromatic rings. The van der Waals surface area contributed by atoms with E-state index in [1.807, 2.05) is 19.1 Å². The van der Waals surface area contributed by atoms with Crippen molar-refractivity contribution in [2.45, 2.75) is 13.8 Å². The van der Waals surface area contributed by atoms with Gasteiger partial charge in [0.2, 0.25) is 10.8 Å². The molecular formula is C13H14N2O3S. The van der Waals surface area contributed by atoms with Crippen molar-refractivity contribution in [2.24, 2.45) is 0 Å². The predicted octanol–water partition coefficient (Wildman–Crippen LogP) is 2.78. The molecule has 6 heteroatoms. The van der Waals surface area contributed by atoms with Crippen LogP contribution in [0.3, 0.4) is 0 Å². The van der Waals surface area contributed by atoms with Gasteiger partial charge >= 0.3 is 5.97 Å². The standard InChI is InChI=1S/C13H14N2O3S/c1-3-17-12(16)10-13(18-4-2)19-11(15-10)9-6-5-7-14-8-9/h5-8H,3-4H2,1-2H3. The number of ether oxygens (including phenoxy) is 2. The number of esters is 1. The number of thiazole rings is 1. The van der Waals surface area contributed by atoms with Gasteiger partial charge in [0.15, 0.2) is 0 Å². The Labute approximate surface area is 115 Å². The third-order valence-corrected chi connectivity index (χ3v) is 3.27. The van der Waals surface area contributed by atoms with Crippen LogP contribution in [0, 0.1) is 0 Å². The normalized spacial score (nSPS) is 10.2. The first-order chi connectivity index (χ1) is 9.26. The summed E-state index contributed by atoms with van der Waals surface area (Å²) in [6.07, 6.45) is 3.39. The SMILES string of the molecule is CCOC(=O)c1nc(-c2cccnc2)sc1OCC. The summed E-state index contributed by atoms with van der Waals surface area (Å²) in [4.78, 5) is 20.1. The van der Waals surface area contributed by atoms with Crippen LogP contribution in [0.4, 0.5) is 0 Å². The van der Waals surface area contributed by atoms with Crippen molar-refractivity contribution >= 4 is 17.3 Å². The van der Waals surface area contributed by atoms with Gasteiger partial charge in [-0.3, -0.25) is 4.98 Å². The molecule has 0 amide bonds. The third kappa shape index (κ3) is 3.08. The van der Waals surface area contributed by atoms with Gasteiger partial charge in [-0.15, -0.1) is 0 Å². The van der Waals surface area contributed by atoms with E-state index >= 15 is 0 Å². The molecule has 0 saturated heterocycles. The molecule has 19 heavy (non-hydrogen) atoms. The minimum Gasteiger partial charge on any atom is -0.482 e. The van der Waals surface area contributed by atoms with E-state index in [9.17, 15) is 4.79 Å². The molecule has 0 spiro atoms. The number of pyridine rings is 1. The first-order valence-corrected chi connectivity index (χ1v) is 6.79. The molecular weight excluding hydrogens is 264 g/mol. The Kier molecular flexibility index (Phi) is 4.46. The van der Waals surface area contributed by atoms with Crippen LogP contribution in [0.1, 0.15) is 24.3 Å². The Morgan fingerprint density at radius 2 is 2.21 bits per heavy atom. The molecule has 0 aliphatic heterocycles. The summed E-state index contributed by atoms with van der Waals surface area (Å²) in [6.45, 7) is 4.40. The zero-order valence-corrected chi connectivity index (χ0v) is 11.6. The number of aromatic nitrogens is 2. The molecule has 100 valence electrons. The fraction of sp³-hybridized carbons (Fsp3) is 0.308. The Balaban J connectivity index is 2.37. The van der Waals surface area contributed by atoms with Gasteiger partial charge < -0.3 is 9.47 Å². The molecule has 0 atom stereocenters. The molecule has 5 nitrogen and oxygen atoms in total. The van der Waals surface area contributed by atoms with E-state index in [0.717, 1.165) is 5.56 Å². The maximum Gasteiger partial charge on any atom is 0.361 e.